The summed E-state index contributed by atoms with van der Waals surface area (Å²) in [7, 11) is 1.45. The predicted octanol–water partition coefficient (Wildman–Crippen LogP) is 2.46. The van der Waals surface area contributed by atoms with Gasteiger partial charge in [-0.05, 0) is 26.0 Å². The third kappa shape index (κ3) is 2.79. The van der Waals surface area contributed by atoms with Gasteiger partial charge in [-0.2, -0.15) is 0 Å². The van der Waals surface area contributed by atoms with Crippen molar-refractivity contribution in [2.75, 3.05) is 13.7 Å². The summed E-state index contributed by atoms with van der Waals surface area (Å²) in [5, 5.41) is 9.00. The van der Waals surface area contributed by atoms with Gasteiger partial charge in [0.25, 0.3) is 5.91 Å². The number of carbonyl (C=O) groups is 1. The summed E-state index contributed by atoms with van der Waals surface area (Å²) in [6, 6.07) is 1.51. The summed E-state index contributed by atoms with van der Waals surface area (Å²) in [5.74, 6) is -2.84. The molecule has 0 saturated carbocycles. The fourth-order valence-electron chi connectivity index (χ4n) is 1.25. The minimum absolute atomic E-state index is 0.139. The maximum absolute atomic E-state index is 13.1. The smallest absolute Gasteiger partial charge is 0.255 e. The van der Waals surface area contributed by atoms with Crippen molar-refractivity contribution in [1.82, 2.24) is 4.90 Å². The van der Waals surface area contributed by atoms with E-state index in [1.54, 1.807) is 13.8 Å². The van der Waals surface area contributed by atoms with Crippen molar-refractivity contribution in [3.63, 3.8) is 0 Å². The van der Waals surface area contributed by atoms with E-state index < -0.39 is 23.1 Å². The zero-order chi connectivity index (χ0) is 14.1. The van der Waals surface area contributed by atoms with Crippen molar-refractivity contribution in [2.24, 2.45) is 0 Å². The van der Waals surface area contributed by atoms with E-state index in [4.69, 9.17) is 16.7 Å². The van der Waals surface area contributed by atoms with Gasteiger partial charge in [-0.15, -0.1) is 0 Å². The number of hydrogen-bond acceptors (Lipinski definition) is 2. The lowest BCUT2D eigenvalue weighted by molar-refractivity contribution is 0.0473. The number of nitrogens with zero attached hydrogens (tertiary/aromatic N) is 1. The van der Waals surface area contributed by atoms with Crippen molar-refractivity contribution in [1.29, 1.82) is 0 Å². The first-order chi connectivity index (χ1) is 8.20. The van der Waals surface area contributed by atoms with Crippen molar-refractivity contribution >= 4 is 17.5 Å². The molecule has 100 valence electrons. The average molecular weight is 278 g/mol. The Morgan fingerprint density at radius 2 is 1.89 bits per heavy atom. The summed E-state index contributed by atoms with van der Waals surface area (Å²) >= 11 is 5.72. The fraction of sp³-hybridized carbons (Fsp3) is 0.417. The molecule has 0 radical (unpaired) electrons. The molecule has 1 rings (SSSR count). The molecule has 0 bridgehead atoms. The Kier molecular flexibility index (Phi) is 4.29. The summed E-state index contributed by atoms with van der Waals surface area (Å²) in [6.45, 7) is 3.01. The van der Waals surface area contributed by atoms with Gasteiger partial charge in [0.15, 0.2) is 11.6 Å². The molecule has 0 aliphatic carbocycles. The highest BCUT2D eigenvalue weighted by atomic mass is 35.5. The Hall–Kier alpha value is -1.20. The number of halogens is 3. The third-order valence-electron chi connectivity index (χ3n) is 2.84. The number of hydrogen-bond donors (Lipinski definition) is 1. The highest BCUT2D eigenvalue weighted by molar-refractivity contribution is 6.33. The topological polar surface area (TPSA) is 40.5 Å². The van der Waals surface area contributed by atoms with Crippen LogP contribution in [0.1, 0.15) is 24.2 Å². The van der Waals surface area contributed by atoms with Crippen LogP contribution in [0.5, 0.6) is 0 Å². The van der Waals surface area contributed by atoms with Crippen LogP contribution in [-0.2, 0) is 0 Å². The number of benzene rings is 1. The molecule has 1 aromatic rings. The molecular weight excluding hydrogens is 264 g/mol. The van der Waals surface area contributed by atoms with Gasteiger partial charge < -0.3 is 10.0 Å². The van der Waals surface area contributed by atoms with Gasteiger partial charge in [-0.3, -0.25) is 4.79 Å². The SMILES string of the molecule is CN(C(=O)c1cc(F)c(F)cc1Cl)C(C)(C)CO. The quantitative estimate of drug-likeness (QED) is 0.862. The van der Waals surface area contributed by atoms with Gasteiger partial charge in [0, 0.05) is 7.05 Å². The van der Waals surface area contributed by atoms with Crippen molar-refractivity contribution in [3.05, 3.63) is 34.4 Å². The molecule has 0 saturated heterocycles. The standard InChI is InChI=1S/C12H14ClF2NO2/c1-12(2,6-17)16(3)11(18)7-4-9(14)10(15)5-8(7)13/h4-5,17H,6H2,1-3H3. The van der Waals surface area contributed by atoms with Gasteiger partial charge in [0.05, 0.1) is 22.7 Å². The second-order valence-corrected chi connectivity index (χ2v) is 4.99. The minimum atomic E-state index is -1.14. The van der Waals surface area contributed by atoms with E-state index >= 15 is 0 Å². The monoisotopic (exact) mass is 277 g/mol. The molecule has 0 unspecified atom stereocenters. The van der Waals surface area contributed by atoms with Crippen LogP contribution in [0, 0.1) is 11.6 Å². The first-order valence-electron chi connectivity index (χ1n) is 5.24. The van der Waals surface area contributed by atoms with Gasteiger partial charge in [0.1, 0.15) is 0 Å². The molecule has 0 heterocycles. The molecule has 0 aliphatic rings. The molecule has 0 fully saturated rings. The molecule has 18 heavy (non-hydrogen) atoms. The Morgan fingerprint density at radius 1 is 1.39 bits per heavy atom. The summed E-state index contributed by atoms with van der Waals surface area (Å²) in [6.07, 6.45) is 0. The lowest BCUT2D eigenvalue weighted by Crippen LogP contribution is -2.47. The van der Waals surface area contributed by atoms with Crippen molar-refractivity contribution in [2.45, 2.75) is 19.4 Å². The lowest BCUT2D eigenvalue weighted by Gasteiger charge is -2.34. The van der Waals surface area contributed by atoms with Crippen LogP contribution in [0.2, 0.25) is 5.02 Å². The van der Waals surface area contributed by atoms with Crippen molar-refractivity contribution in [3.8, 4) is 0 Å². The maximum atomic E-state index is 13.1. The molecule has 3 nitrogen and oxygen atoms in total. The molecule has 0 spiro atoms. The number of likely N-dealkylation sites (N-methyl/N-ethyl adjacent to an activating group) is 1. The van der Waals surface area contributed by atoms with Crippen LogP contribution in [0.3, 0.4) is 0 Å². The Bertz CT molecular complexity index is 477. The van der Waals surface area contributed by atoms with Gasteiger partial charge in [0.2, 0.25) is 0 Å². The van der Waals surface area contributed by atoms with E-state index in [0.29, 0.717) is 0 Å². The molecule has 0 atom stereocenters. The van der Waals surface area contributed by atoms with Crippen LogP contribution in [0.15, 0.2) is 12.1 Å². The Balaban J connectivity index is 3.16. The summed E-state index contributed by atoms with van der Waals surface area (Å²) in [4.78, 5) is 13.3. The highest BCUT2D eigenvalue weighted by Crippen LogP contribution is 2.23. The number of rotatable bonds is 3. The number of aliphatic hydroxyl groups is 1. The van der Waals surface area contributed by atoms with Gasteiger partial charge in [-0.25, -0.2) is 8.78 Å². The van der Waals surface area contributed by atoms with Crippen molar-refractivity contribution < 1.29 is 18.7 Å². The maximum Gasteiger partial charge on any atom is 0.255 e. The van der Waals surface area contributed by atoms with E-state index in [1.165, 1.54) is 11.9 Å². The predicted molar refractivity (Wildman–Crippen MR) is 64.6 cm³/mol. The molecule has 0 aromatic heterocycles. The zero-order valence-electron chi connectivity index (χ0n) is 10.3. The minimum Gasteiger partial charge on any atom is -0.394 e. The molecular formula is C12H14ClF2NO2. The first kappa shape index (κ1) is 14.9. The Labute approximate surface area is 109 Å². The van der Waals surface area contributed by atoms with Gasteiger partial charge in [-0.1, -0.05) is 11.6 Å². The molecule has 6 heteroatoms. The lowest BCUT2D eigenvalue weighted by atomic mass is 10.0. The molecule has 0 aliphatic heterocycles. The second kappa shape index (κ2) is 5.20. The molecule has 1 N–H and O–H groups in total. The average Bonchev–Trinajstić information content (AvgIpc) is 2.32. The van der Waals surface area contributed by atoms with E-state index in [1.807, 2.05) is 0 Å². The molecule has 1 amide bonds. The summed E-state index contributed by atoms with van der Waals surface area (Å²) < 4.78 is 26.0. The number of carbonyl (C=O) groups excluding carboxylic acids is 1. The Morgan fingerprint density at radius 3 is 2.39 bits per heavy atom. The van der Waals surface area contributed by atoms with E-state index in [-0.39, 0.29) is 17.2 Å². The zero-order valence-corrected chi connectivity index (χ0v) is 11.1. The third-order valence-corrected chi connectivity index (χ3v) is 3.15. The second-order valence-electron chi connectivity index (χ2n) is 4.58. The first-order valence-corrected chi connectivity index (χ1v) is 5.62. The fourth-order valence-corrected chi connectivity index (χ4v) is 1.48. The number of aliphatic hydroxyl groups excluding tert-OH is 1. The van der Waals surface area contributed by atoms with Crippen LogP contribution in [0.25, 0.3) is 0 Å². The number of amides is 1. The normalized spacial score (nSPS) is 11.5. The summed E-state index contributed by atoms with van der Waals surface area (Å²) in [5.41, 5.74) is -0.967. The molecule has 1 aromatic carbocycles. The van der Waals surface area contributed by atoms with E-state index in [2.05, 4.69) is 0 Å². The van der Waals surface area contributed by atoms with E-state index in [9.17, 15) is 13.6 Å². The van der Waals surface area contributed by atoms with Crippen LogP contribution < -0.4 is 0 Å². The van der Waals surface area contributed by atoms with Gasteiger partial charge >= 0.3 is 0 Å². The van der Waals surface area contributed by atoms with Crippen LogP contribution >= 0.6 is 11.6 Å². The highest BCUT2D eigenvalue weighted by Gasteiger charge is 2.29. The largest absolute Gasteiger partial charge is 0.394 e. The van der Waals surface area contributed by atoms with Crippen LogP contribution in [0.4, 0.5) is 8.78 Å². The van der Waals surface area contributed by atoms with Crippen LogP contribution in [-0.4, -0.2) is 35.1 Å². The van der Waals surface area contributed by atoms with E-state index in [0.717, 1.165) is 12.1 Å².